The van der Waals surface area contributed by atoms with Gasteiger partial charge in [-0.25, -0.2) is 12.8 Å². The second-order valence-corrected chi connectivity index (χ2v) is 6.03. The zero-order chi connectivity index (χ0) is 10.3. The first-order chi connectivity index (χ1) is 6.48. The normalized spacial score (nSPS) is 26.1. The summed E-state index contributed by atoms with van der Waals surface area (Å²) < 4.78 is 35.2. The highest BCUT2D eigenvalue weighted by Gasteiger charge is 2.45. The van der Waals surface area contributed by atoms with Crippen LogP contribution in [0.5, 0.6) is 0 Å². The Bertz CT molecular complexity index is 453. The molecule has 2 nitrogen and oxygen atoms in total. The summed E-state index contributed by atoms with van der Waals surface area (Å²) >= 11 is 0. The Kier molecular flexibility index (Phi) is 2.10. The van der Waals surface area contributed by atoms with Crippen LogP contribution < -0.4 is 0 Å². The number of sulfone groups is 1. The van der Waals surface area contributed by atoms with Crippen LogP contribution in [-0.4, -0.2) is 19.9 Å². The summed E-state index contributed by atoms with van der Waals surface area (Å²) in [5.74, 6) is -0.303. The molecule has 0 amide bonds. The van der Waals surface area contributed by atoms with Gasteiger partial charge in [0, 0.05) is 12.2 Å². The van der Waals surface area contributed by atoms with Crippen molar-refractivity contribution in [2.24, 2.45) is 0 Å². The molecular weight excluding hydrogens is 203 g/mol. The Labute approximate surface area is 82.7 Å². The predicted octanol–water partition coefficient (Wildman–Crippen LogP) is 1.73. The molecule has 0 spiro atoms. The molecule has 0 bridgehead atoms. The SMILES string of the molecule is CS(=O)(=O)[C@H]1C[C@H]1c1cccc(F)c1. The molecule has 1 aliphatic rings. The number of hydrogen-bond acceptors (Lipinski definition) is 2. The molecule has 1 fully saturated rings. The highest BCUT2D eigenvalue weighted by atomic mass is 32.2. The van der Waals surface area contributed by atoms with Gasteiger partial charge < -0.3 is 0 Å². The average Bonchev–Trinajstić information content (AvgIpc) is 2.81. The van der Waals surface area contributed by atoms with Gasteiger partial charge in [-0.05, 0) is 24.1 Å². The van der Waals surface area contributed by atoms with Crippen molar-refractivity contribution in [3.8, 4) is 0 Å². The van der Waals surface area contributed by atoms with Gasteiger partial charge in [0.05, 0.1) is 5.25 Å². The maximum Gasteiger partial charge on any atom is 0.150 e. The molecule has 1 aromatic carbocycles. The molecule has 1 aliphatic carbocycles. The molecule has 0 aromatic heterocycles. The zero-order valence-corrected chi connectivity index (χ0v) is 8.59. The number of rotatable bonds is 2. The molecule has 1 aromatic rings. The average molecular weight is 214 g/mol. The summed E-state index contributed by atoms with van der Waals surface area (Å²) in [5, 5.41) is -0.302. The van der Waals surface area contributed by atoms with E-state index in [9.17, 15) is 12.8 Å². The summed E-state index contributed by atoms with van der Waals surface area (Å²) in [4.78, 5) is 0. The highest BCUT2D eigenvalue weighted by Crippen LogP contribution is 2.45. The van der Waals surface area contributed by atoms with Gasteiger partial charge in [-0.1, -0.05) is 12.1 Å². The van der Waals surface area contributed by atoms with Gasteiger partial charge in [-0.2, -0.15) is 0 Å². The van der Waals surface area contributed by atoms with Gasteiger partial charge in [-0.15, -0.1) is 0 Å². The molecule has 0 heterocycles. The summed E-state index contributed by atoms with van der Waals surface area (Å²) in [7, 11) is -2.96. The Balaban J connectivity index is 2.22. The first-order valence-electron chi connectivity index (χ1n) is 4.43. The lowest BCUT2D eigenvalue weighted by molar-refractivity contribution is 0.599. The fraction of sp³-hybridized carbons (Fsp3) is 0.400. The van der Waals surface area contributed by atoms with E-state index in [0.717, 1.165) is 5.56 Å². The molecule has 0 saturated heterocycles. The van der Waals surface area contributed by atoms with E-state index in [2.05, 4.69) is 0 Å². The Morgan fingerprint density at radius 2 is 2.14 bits per heavy atom. The summed E-state index contributed by atoms with van der Waals surface area (Å²) in [6.07, 6.45) is 1.86. The topological polar surface area (TPSA) is 34.1 Å². The van der Waals surface area contributed by atoms with Crippen LogP contribution in [0.15, 0.2) is 24.3 Å². The van der Waals surface area contributed by atoms with Crippen molar-refractivity contribution in [1.29, 1.82) is 0 Å². The van der Waals surface area contributed by atoms with Gasteiger partial charge in [0.25, 0.3) is 0 Å². The fourth-order valence-corrected chi connectivity index (χ4v) is 3.04. The highest BCUT2D eigenvalue weighted by molar-refractivity contribution is 7.91. The molecule has 0 aliphatic heterocycles. The molecule has 0 unspecified atom stereocenters. The minimum Gasteiger partial charge on any atom is -0.229 e. The maximum absolute atomic E-state index is 12.8. The monoisotopic (exact) mass is 214 g/mol. The lowest BCUT2D eigenvalue weighted by Gasteiger charge is -1.98. The van der Waals surface area contributed by atoms with Crippen molar-refractivity contribution in [3.63, 3.8) is 0 Å². The van der Waals surface area contributed by atoms with Crippen LogP contribution in [0, 0.1) is 5.82 Å². The van der Waals surface area contributed by atoms with Gasteiger partial charge in [0.1, 0.15) is 5.82 Å². The molecule has 14 heavy (non-hydrogen) atoms. The molecule has 76 valence electrons. The molecule has 0 N–H and O–H groups in total. The zero-order valence-electron chi connectivity index (χ0n) is 7.77. The number of benzene rings is 1. The van der Waals surface area contributed by atoms with E-state index >= 15 is 0 Å². The van der Waals surface area contributed by atoms with E-state index in [-0.39, 0.29) is 17.0 Å². The van der Waals surface area contributed by atoms with E-state index in [4.69, 9.17) is 0 Å². The van der Waals surface area contributed by atoms with E-state index in [0.29, 0.717) is 6.42 Å². The third kappa shape index (κ3) is 1.80. The molecule has 0 radical (unpaired) electrons. The lowest BCUT2D eigenvalue weighted by Crippen LogP contribution is -2.05. The van der Waals surface area contributed by atoms with Crippen molar-refractivity contribution >= 4 is 9.84 Å². The van der Waals surface area contributed by atoms with Crippen LogP contribution in [0.25, 0.3) is 0 Å². The van der Waals surface area contributed by atoms with Crippen LogP contribution in [-0.2, 0) is 9.84 Å². The summed E-state index contributed by atoms with van der Waals surface area (Å²) in [6.45, 7) is 0. The van der Waals surface area contributed by atoms with Crippen molar-refractivity contribution in [2.45, 2.75) is 17.6 Å². The van der Waals surface area contributed by atoms with Crippen LogP contribution >= 0.6 is 0 Å². The number of halogens is 1. The molecule has 4 heteroatoms. The minimum atomic E-state index is -2.96. The summed E-state index contributed by atoms with van der Waals surface area (Å²) in [5.41, 5.74) is 0.792. The number of hydrogen-bond donors (Lipinski definition) is 0. The van der Waals surface area contributed by atoms with E-state index in [1.165, 1.54) is 18.4 Å². The second kappa shape index (κ2) is 3.05. The minimum absolute atomic E-state index is 0.000648. The van der Waals surface area contributed by atoms with Gasteiger partial charge >= 0.3 is 0 Å². The van der Waals surface area contributed by atoms with E-state index < -0.39 is 9.84 Å². The van der Waals surface area contributed by atoms with Crippen LogP contribution in [0.2, 0.25) is 0 Å². The van der Waals surface area contributed by atoms with Gasteiger partial charge in [0.2, 0.25) is 0 Å². The predicted molar refractivity (Wildman–Crippen MR) is 52.4 cm³/mol. The van der Waals surface area contributed by atoms with E-state index in [1.807, 2.05) is 0 Å². The Morgan fingerprint density at radius 1 is 1.43 bits per heavy atom. The third-order valence-corrected chi connectivity index (χ3v) is 4.18. The Morgan fingerprint density at radius 3 is 2.64 bits per heavy atom. The maximum atomic E-state index is 12.8. The summed E-state index contributed by atoms with van der Waals surface area (Å²) in [6, 6.07) is 6.17. The largest absolute Gasteiger partial charge is 0.229 e. The third-order valence-electron chi connectivity index (χ3n) is 2.56. The second-order valence-electron chi connectivity index (χ2n) is 3.77. The molecule has 2 rings (SSSR count). The first-order valence-corrected chi connectivity index (χ1v) is 6.38. The van der Waals surface area contributed by atoms with Crippen LogP contribution in [0.1, 0.15) is 17.9 Å². The molecule has 2 atom stereocenters. The van der Waals surface area contributed by atoms with Gasteiger partial charge in [-0.3, -0.25) is 0 Å². The van der Waals surface area contributed by atoms with Crippen molar-refractivity contribution < 1.29 is 12.8 Å². The van der Waals surface area contributed by atoms with Gasteiger partial charge in [0.15, 0.2) is 9.84 Å². The quantitative estimate of drug-likeness (QED) is 0.751. The van der Waals surface area contributed by atoms with Crippen molar-refractivity contribution in [1.82, 2.24) is 0 Å². The Hall–Kier alpha value is -0.900. The smallest absolute Gasteiger partial charge is 0.150 e. The molecule has 1 saturated carbocycles. The van der Waals surface area contributed by atoms with E-state index in [1.54, 1.807) is 12.1 Å². The molecular formula is C10H11FO2S. The lowest BCUT2D eigenvalue weighted by atomic mass is 10.1. The van der Waals surface area contributed by atoms with Crippen LogP contribution in [0.4, 0.5) is 4.39 Å². The fourth-order valence-electron chi connectivity index (χ4n) is 1.73. The van der Waals surface area contributed by atoms with Crippen molar-refractivity contribution in [3.05, 3.63) is 35.6 Å². The van der Waals surface area contributed by atoms with Crippen molar-refractivity contribution in [2.75, 3.05) is 6.26 Å². The standard InChI is InChI=1S/C10H11FO2S/c1-14(12,13)10-6-9(10)7-3-2-4-8(11)5-7/h2-5,9-10H,6H2,1H3/t9-,10-/m0/s1. The van der Waals surface area contributed by atoms with Crippen LogP contribution in [0.3, 0.4) is 0 Å². The first kappa shape index (κ1) is 9.65.